The van der Waals surface area contributed by atoms with E-state index >= 15 is 0 Å². The van der Waals surface area contributed by atoms with Crippen molar-refractivity contribution in [3.63, 3.8) is 0 Å². The molecule has 0 fully saturated rings. The number of halogens is 1. The summed E-state index contributed by atoms with van der Waals surface area (Å²) in [5.74, 6) is -0.282. The number of aryl methyl sites for hydroxylation is 1. The number of amides is 2. The molecular weight excluding hydrogens is 329 g/mol. The highest BCUT2D eigenvalue weighted by Gasteiger charge is 2.32. The van der Waals surface area contributed by atoms with E-state index in [1.165, 1.54) is 12.1 Å². The number of benzene rings is 2. The minimum atomic E-state index is -0.282. The predicted molar refractivity (Wildman–Crippen MR) is 99.6 cm³/mol. The summed E-state index contributed by atoms with van der Waals surface area (Å²) in [5, 5.41) is 2.99. The van der Waals surface area contributed by atoms with E-state index in [4.69, 9.17) is 0 Å². The lowest BCUT2D eigenvalue weighted by Crippen LogP contribution is -2.44. The van der Waals surface area contributed by atoms with Gasteiger partial charge in [0.2, 0.25) is 0 Å². The van der Waals surface area contributed by atoms with Crippen LogP contribution in [0.4, 0.5) is 14.9 Å². The average molecular weight is 349 g/mol. The second-order valence-electron chi connectivity index (χ2n) is 6.57. The van der Waals surface area contributed by atoms with Crippen LogP contribution in [0.3, 0.4) is 0 Å². The lowest BCUT2D eigenvalue weighted by atomic mass is 10.0. The summed E-state index contributed by atoms with van der Waals surface area (Å²) < 4.78 is 15.5. The monoisotopic (exact) mass is 349 g/mol. The number of rotatable bonds is 2. The second-order valence-corrected chi connectivity index (χ2v) is 6.57. The smallest absolute Gasteiger partial charge is 0.322 e. The van der Waals surface area contributed by atoms with Crippen molar-refractivity contribution >= 4 is 11.7 Å². The zero-order valence-corrected chi connectivity index (χ0v) is 14.5. The van der Waals surface area contributed by atoms with Crippen molar-refractivity contribution in [3.05, 3.63) is 89.5 Å². The summed E-state index contributed by atoms with van der Waals surface area (Å²) in [6, 6.07) is 17.7. The molecule has 0 saturated heterocycles. The lowest BCUT2D eigenvalue weighted by molar-refractivity contribution is 0.182. The van der Waals surface area contributed by atoms with E-state index < -0.39 is 0 Å². The van der Waals surface area contributed by atoms with Gasteiger partial charge >= 0.3 is 6.03 Å². The fourth-order valence-corrected chi connectivity index (χ4v) is 3.52. The SMILES string of the molecule is Cc1cccc(NC(=O)N2CCn3cccc3[C@H]2c2ccc(F)cc2)c1. The van der Waals surface area contributed by atoms with E-state index in [9.17, 15) is 9.18 Å². The number of fused-ring (bicyclic) bond motifs is 1. The van der Waals surface area contributed by atoms with Gasteiger partial charge in [-0.05, 0) is 54.4 Å². The van der Waals surface area contributed by atoms with Gasteiger partial charge in [0.05, 0.1) is 6.04 Å². The molecule has 0 saturated carbocycles. The number of nitrogens with zero attached hydrogens (tertiary/aromatic N) is 2. The topological polar surface area (TPSA) is 37.3 Å². The van der Waals surface area contributed by atoms with Crippen LogP contribution in [0.2, 0.25) is 0 Å². The maximum absolute atomic E-state index is 13.4. The maximum atomic E-state index is 13.4. The Morgan fingerprint density at radius 2 is 1.88 bits per heavy atom. The van der Waals surface area contributed by atoms with Gasteiger partial charge in [-0.2, -0.15) is 0 Å². The van der Waals surface area contributed by atoms with E-state index in [1.807, 2.05) is 54.4 Å². The predicted octanol–water partition coefficient (Wildman–Crippen LogP) is 4.57. The Bertz CT molecular complexity index is 932. The van der Waals surface area contributed by atoms with Crippen molar-refractivity contribution in [2.75, 3.05) is 11.9 Å². The normalized spacial score (nSPS) is 16.2. The molecule has 1 aliphatic rings. The maximum Gasteiger partial charge on any atom is 0.322 e. The molecule has 1 atom stereocenters. The number of nitrogens with one attached hydrogen (secondary N) is 1. The van der Waals surface area contributed by atoms with Gasteiger partial charge in [0.1, 0.15) is 5.82 Å². The molecular formula is C21H20FN3O. The van der Waals surface area contributed by atoms with Crippen molar-refractivity contribution in [1.29, 1.82) is 0 Å². The molecule has 26 heavy (non-hydrogen) atoms. The molecule has 0 unspecified atom stereocenters. The standard InChI is InChI=1S/C21H20FN3O/c1-15-4-2-5-18(14-15)23-21(26)25-13-12-24-11-3-6-19(24)20(25)16-7-9-17(22)10-8-16/h2-11,14,20H,12-13H2,1H3,(H,23,26)/t20-/m1/s1. The Balaban J connectivity index is 1.67. The molecule has 0 bridgehead atoms. The van der Waals surface area contributed by atoms with Gasteiger partial charge in [0.25, 0.3) is 0 Å². The van der Waals surface area contributed by atoms with E-state index in [0.717, 1.165) is 29.1 Å². The van der Waals surface area contributed by atoms with Crippen LogP contribution in [0.15, 0.2) is 66.9 Å². The fourth-order valence-electron chi connectivity index (χ4n) is 3.52. The Labute approximate surface area is 151 Å². The molecule has 1 aromatic heterocycles. The molecule has 3 aromatic rings. The number of carbonyl (C=O) groups excluding carboxylic acids is 1. The number of anilines is 1. The van der Waals surface area contributed by atoms with Gasteiger partial charge in [-0.25, -0.2) is 9.18 Å². The van der Waals surface area contributed by atoms with Crippen molar-refractivity contribution in [2.24, 2.45) is 0 Å². The van der Waals surface area contributed by atoms with Crippen LogP contribution < -0.4 is 5.32 Å². The summed E-state index contributed by atoms with van der Waals surface area (Å²) in [6.45, 7) is 3.31. The van der Waals surface area contributed by atoms with Crippen molar-refractivity contribution in [3.8, 4) is 0 Å². The molecule has 1 aliphatic heterocycles. The third-order valence-electron chi connectivity index (χ3n) is 4.75. The first kappa shape index (κ1) is 16.4. The molecule has 0 aliphatic carbocycles. The van der Waals surface area contributed by atoms with Crippen LogP contribution in [-0.4, -0.2) is 22.0 Å². The van der Waals surface area contributed by atoms with Gasteiger partial charge in [-0.3, -0.25) is 0 Å². The minimum Gasteiger partial charge on any atom is -0.348 e. The van der Waals surface area contributed by atoms with Crippen LogP contribution >= 0.6 is 0 Å². The third-order valence-corrected chi connectivity index (χ3v) is 4.75. The second kappa shape index (κ2) is 6.67. The number of urea groups is 1. The molecule has 0 spiro atoms. The van der Waals surface area contributed by atoms with Crippen LogP contribution in [-0.2, 0) is 6.54 Å². The first-order valence-electron chi connectivity index (χ1n) is 8.66. The first-order chi connectivity index (χ1) is 12.6. The number of carbonyl (C=O) groups is 1. The summed E-state index contributed by atoms with van der Waals surface area (Å²) in [5.41, 5.74) is 3.78. The third kappa shape index (κ3) is 3.08. The average Bonchev–Trinajstić information content (AvgIpc) is 3.10. The lowest BCUT2D eigenvalue weighted by Gasteiger charge is -2.37. The van der Waals surface area contributed by atoms with E-state index in [2.05, 4.69) is 9.88 Å². The number of hydrogen-bond donors (Lipinski definition) is 1. The fraction of sp³-hybridized carbons (Fsp3) is 0.190. The zero-order chi connectivity index (χ0) is 18.1. The summed E-state index contributed by atoms with van der Waals surface area (Å²) in [7, 11) is 0. The molecule has 2 heterocycles. The van der Waals surface area contributed by atoms with E-state index in [1.54, 1.807) is 12.1 Å². The Hall–Kier alpha value is -3.08. The number of hydrogen-bond acceptors (Lipinski definition) is 1. The summed E-state index contributed by atoms with van der Waals surface area (Å²) in [4.78, 5) is 14.8. The molecule has 4 nitrogen and oxygen atoms in total. The molecule has 5 heteroatoms. The number of aromatic nitrogens is 1. The molecule has 2 aromatic carbocycles. The van der Waals surface area contributed by atoms with Gasteiger partial charge < -0.3 is 14.8 Å². The molecule has 1 N–H and O–H groups in total. The highest BCUT2D eigenvalue weighted by molar-refractivity contribution is 5.90. The zero-order valence-electron chi connectivity index (χ0n) is 14.5. The highest BCUT2D eigenvalue weighted by Crippen LogP contribution is 2.33. The van der Waals surface area contributed by atoms with Crippen LogP contribution in [0.1, 0.15) is 22.9 Å². The Morgan fingerprint density at radius 1 is 1.08 bits per heavy atom. The van der Waals surface area contributed by atoms with Gasteiger partial charge in [0.15, 0.2) is 0 Å². The molecule has 132 valence electrons. The Morgan fingerprint density at radius 3 is 2.65 bits per heavy atom. The summed E-state index contributed by atoms with van der Waals surface area (Å²) in [6.07, 6.45) is 2.02. The quantitative estimate of drug-likeness (QED) is 0.723. The van der Waals surface area contributed by atoms with Gasteiger partial charge in [0, 0.05) is 30.7 Å². The van der Waals surface area contributed by atoms with E-state index in [0.29, 0.717) is 6.54 Å². The van der Waals surface area contributed by atoms with E-state index in [-0.39, 0.29) is 17.9 Å². The molecule has 2 amide bonds. The largest absolute Gasteiger partial charge is 0.348 e. The van der Waals surface area contributed by atoms with Gasteiger partial charge in [-0.15, -0.1) is 0 Å². The van der Waals surface area contributed by atoms with Gasteiger partial charge in [-0.1, -0.05) is 24.3 Å². The molecule has 0 radical (unpaired) electrons. The molecule has 4 rings (SSSR count). The first-order valence-corrected chi connectivity index (χ1v) is 8.66. The van der Waals surface area contributed by atoms with Crippen molar-refractivity contribution < 1.29 is 9.18 Å². The van der Waals surface area contributed by atoms with Crippen LogP contribution in [0.5, 0.6) is 0 Å². The summed E-state index contributed by atoms with van der Waals surface area (Å²) >= 11 is 0. The van der Waals surface area contributed by atoms with Crippen molar-refractivity contribution in [2.45, 2.75) is 19.5 Å². The van der Waals surface area contributed by atoms with Crippen LogP contribution in [0, 0.1) is 12.7 Å². The van der Waals surface area contributed by atoms with Crippen molar-refractivity contribution in [1.82, 2.24) is 9.47 Å². The minimum absolute atomic E-state index is 0.155. The van der Waals surface area contributed by atoms with Crippen LogP contribution in [0.25, 0.3) is 0 Å². The Kier molecular flexibility index (Phi) is 4.21. The highest BCUT2D eigenvalue weighted by atomic mass is 19.1.